The van der Waals surface area contributed by atoms with Crippen molar-refractivity contribution < 1.29 is 14.4 Å². The molecule has 0 amide bonds. The molecule has 0 saturated carbocycles. The van der Waals surface area contributed by atoms with Gasteiger partial charge in [0.2, 0.25) is 0 Å². The van der Waals surface area contributed by atoms with Gasteiger partial charge in [0.1, 0.15) is 11.4 Å². The Hall–Kier alpha value is -2.30. The number of benzene rings is 2. The number of aliphatic hydroxyl groups excluding tert-OH is 1. The number of hydrogen-bond acceptors (Lipinski definition) is 4. The summed E-state index contributed by atoms with van der Waals surface area (Å²) >= 11 is 5.90. The normalized spacial score (nSPS) is 10.7. The second-order valence-electron chi connectivity index (χ2n) is 4.70. The van der Waals surface area contributed by atoms with Crippen LogP contribution in [0, 0.1) is 0 Å². The number of para-hydroxylation sites is 1. The maximum absolute atomic E-state index is 9.76. The van der Waals surface area contributed by atoms with Gasteiger partial charge in [-0.25, -0.2) is 0 Å². The molecule has 112 valence electrons. The predicted molar refractivity (Wildman–Crippen MR) is 84.9 cm³/mol. The lowest BCUT2D eigenvalue weighted by Gasteiger charge is -2.06. The largest absolute Gasteiger partial charge is 0.496 e. The molecule has 1 N–H and O–H groups in total. The lowest BCUT2D eigenvalue weighted by atomic mass is 10.0. The van der Waals surface area contributed by atoms with Gasteiger partial charge in [0.05, 0.1) is 19.3 Å². The number of ether oxygens (including phenoxy) is 1. The summed E-state index contributed by atoms with van der Waals surface area (Å²) in [6, 6.07) is 14.7. The second kappa shape index (κ2) is 6.22. The van der Waals surface area contributed by atoms with Crippen molar-refractivity contribution in [3.8, 4) is 28.3 Å². The Kier molecular flexibility index (Phi) is 4.13. The fourth-order valence-electron chi connectivity index (χ4n) is 2.34. The molecule has 0 aliphatic rings. The molecule has 2 aromatic carbocycles. The number of hydrogen-bond donors (Lipinski definition) is 1. The van der Waals surface area contributed by atoms with Gasteiger partial charge in [-0.05, 0) is 36.4 Å². The van der Waals surface area contributed by atoms with E-state index in [-0.39, 0.29) is 6.61 Å². The molecule has 0 aliphatic carbocycles. The van der Waals surface area contributed by atoms with Crippen molar-refractivity contribution in [2.24, 2.45) is 0 Å². The fraction of sp³-hybridized carbons (Fsp3) is 0.118. The van der Waals surface area contributed by atoms with Crippen LogP contribution >= 0.6 is 11.6 Å². The van der Waals surface area contributed by atoms with Crippen molar-refractivity contribution in [3.63, 3.8) is 0 Å². The van der Waals surface area contributed by atoms with Crippen LogP contribution in [0.4, 0.5) is 0 Å². The van der Waals surface area contributed by atoms with Crippen LogP contribution in [0.1, 0.15) is 5.56 Å². The highest BCUT2D eigenvalue weighted by atomic mass is 35.5. The van der Waals surface area contributed by atoms with Gasteiger partial charge >= 0.3 is 0 Å². The number of aliphatic hydroxyl groups is 1. The number of aromatic nitrogens is 1. The number of rotatable bonds is 4. The third-order valence-corrected chi connectivity index (χ3v) is 3.67. The summed E-state index contributed by atoms with van der Waals surface area (Å²) in [5.41, 5.74) is 2.77. The van der Waals surface area contributed by atoms with Crippen molar-refractivity contribution in [1.29, 1.82) is 0 Å². The minimum Gasteiger partial charge on any atom is -0.496 e. The summed E-state index contributed by atoms with van der Waals surface area (Å²) < 4.78 is 10.8. The van der Waals surface area contributed by atoms with Crippen LogP contribution in [0.2, 0.25) is 5.02 Å². The van der Waals surface area contributed by atoms with Crippen LogP contribution in [0.3, 0.4) is 0 Å². The Morgan fingerprint density at radius 1 is 1.14 bits per heavy atom. The van der Waals surface area contributed by atoms with Gasteiger partial charge in [0.15, 0.2) is 5.76 Å². The van der Waals surface area contributed by atoms with E-state index in [9.17, 15) is 5.11 Å². The fourth-order valence-corrected chi connectivity index (χ4v) is 2.46. The molecule has 0 atom stereocenters. The number of halogens is 1. The van der Waals surface area contributed by atoms with E-state index in [0.717, 1.165) is 11.1 Å². The number of methoxy groups -OCH3 is 1. The molecule has 0 unspecified atom stereocenters. The first kappa shape index (κ1) is 14.6. The Labute approximate surface area is 132 Å². The topological polar surface area (TPSA) is 55.5 Å². The molecule has 4 nitrogen and oxygen atoms in total. The average molecular weight is 316 g/mol. The molecular weight excluding hydrogens is 302 g/mol. The van der Waals surface area contributed by atoms with Gasteiger partial charge in [0, 0.05) is 16.1 Å². The van der Waals surface area contributed by atoms with Gasteiger partial charge in [-0.15, -0.1) is 0 Å². The van der Waals surface area contributed by atoms with Crippen molar-refractivity contribution in [2.75, 3.05) is 7.11 Å². The SMILES string of the molecule is COc1ccccc1-c1noc(-c2ccc(Cl)cc2)c1CO. The van der Waals surface area contributed by atoms with Crippen LogP contribution in [0.25, 0.3) is 22.6 Å². The minimum atomic E-state index is -0.186. The summed E-state index contributed by atoms with van der Waals surface area (Å²) in [7, 11) is 1.59. The third-order valence-electron chi connectivity index (χ3n) is 3.41. The molecule has 22 heavy (non-hydrogen) atoms. The van der Waals surface area contributed by atoms with Crippen molar-refractivity contribution >= 4 is 11.6 Å². The van der Waals surface area contributed by atoms with E-state index in [1.165, 1.54) is 0 Å². The summed E-state index contributed by atoms with van der Waals surface area (Å²) in [4.78, 5) is 0. The lowest BCUT2D eigenvalue weighted by Crippen LogP contribution is -1.92. The standard InChI is InChI=1S/C17H14ClNO3/c1-21-15-5-3-2-4-13(15)16-14(10-20)17(22-19-16)11-6-8-12(18)9-7-11/h2-9,20H,10H2,1H3. The molecule has 1 aromatic heterocycles. The Morgan fingerprint density at radius 3 is 2.55 bits per heavy atom. The van der Waals surface area contributed by atoms with Crippen LogP contribution in [0.15, 0.2) is 53.1 Å². The van der Waals surface area contributed by atoms with E-state index in [0.29, 0.717) is 27.8 Å². The first-order chi connectivity index (χ1) is 10.7. The zero-order valence-electron chi connectivity index (χ0n) is 11.9. The van der Waals surface area contributed by atoms with Gasteiger partial charge in [-0.1, -0.05) is 28.9 Å². The quantitative estimate of drug-likeness (QED) is 0.785. The molecular formula is C17H14ClNO3. The van der Waals surface area contributed by atoms with Crippen LogP contribution in [-0.2, 0) is 6.61 Å². The first-order valence-corrected chi connectivity index (χ1v) is 7.11. The lowest BCUT2D eigenvalue weighted by molar-refractivity contribution is 0.281. The Bertz CT molecular complexity index is 781. The highest BCUT2D eigenvalue weighted by Gasteiger charge is 2.20. The van der Waals surface area contributed by atoms with E-state index in [2.05, 4.69) is 5.16 Å². The van der Waals surface area contributed by atoms with Crippen molar-refractivity contribution in [2.45, 2.75) is 6.61 Å². The van der Waals surface area contributed by atoms with Gasteiger partial charge in [-0.2, -0.15) is 0 Å². The smallest absolute Gasteiger partial charge is 0.173 e. The molecule has 0 radical (unpaired) electrons. The van der Waals surface area contributed by atoms with E-state index in [4.69, 9.17) is 20.9 Å². The highest BCUT2D eigenvalue weighted by molar-refractivity contribution is 6.30. The summed E-state index contributed by atoms with van der Waals surface area (Å²) in [6.07, 6.45) is 0. The van der Waals surface area contributed by atoms with E-state index in [1.54, 1.807) is 19.2 Å². The molecule has 3 aromatic rings. The molecule has 0 spiro atoms. The Morgan fingerprint density at radius 2 is 1.86 bits per heavy atom. The Balaban J connectivity index is 2.13. The predicted octanol–water partition coefficient (Wildman–Crippen LogP) is 4.16. The zero-order chi connectivity index (χ0) is 15.5. The molecule has 1 heterocycles. The zero-order valence-corrected chi connectivity index (χ0v) is 12.7. The molecule has 0 fully saturated rings. The van der Waals surface area contributed by atoms with Crippen molar-refractivity contribution in [3.05, 3.63) is 59.1 Å². The maximum atomic E-state index is 9.76. The van der Waals surface area contributed by atoms with Crippen LogP contribution in [-0.4, -0.2) is 17.4 Å². The third kappa shape index (κ3) is 2.58. The maximum Gasteiger partial charge on any atom is 0.173 e. The molecule has 0 saturated heterocycles. The molecule has 3 rings (SSSR count). The van der Waals surface area contributed by atoms with Crippen molar-refractivity contribution in [1.82, 2.24) is 5.16 Å². The molecule has 0 bridgehead atoms. The second-order valence-corrected chi connectivity index (χ2v) is 5.14. The minimum absolute atomic E-state index is 0.186. The summed E-state index contributed by atoms with van der Waals surface area (Å²) in [5.74, 6) is 1.20. The highest BCUT2D eigenvalue weighted by Crippen LogP contribution is 2.36. The average Bonchev–Trinajstić information content (AvgIpc) is 2.99. The summed E-state index contributed by atoms with van der Waals surface area (Å²) in [5, 5.41) is 14.5. The van der Waals surface area contributed by atoms with Gasteiger partial charge in [0.25, 0.3) is 0 Å². The van der Waals surface area contributed by atoms with Crippen LogP contribution < -0.4 is 4.74 Å². The molecule has 5 heteroatoms. The number of nitrogens with zero attached hydrogens (tertiary/aromatic N) is 1. The van der Waals surface area contributed by atoms with Crippen LogP contribution in [0.5, 0.6) is 5.75 Å². The van der Waals surface area contributed by atoms with E-state index < -0.39 is 0 Å². The van der Waals surface area contributed by atoms with E-state index >= 15 is 0 Å². The molecule has 0 aliphatic heterocycles. The summed E-state index contributed by atoms with van der Waals surface area (Å²) in [6.45, 7) is -0.186. The van der Waals surface area contributed by atoms with E-state index in [1.807, 2.05) is 36.4 Å². The monoisotopic (exact) mass is 315 g/mol. The first-order valence-electron chi connectivity index (χ1n) is 6.73. The van der Waals surface area contributed by atoms with Gasteiger partial charge < -0.3 is 14.4 Å². The van der Waals surface area contributed by atoms with Gasteiger partial charge in [-0.3, -0.25) is 0 Å².